The average molecular weight is 270 g/mol. The second kappa shape index (κ2) is 4.94. The number of furan rings is 1. The maximum Gasteiger partial charge on any atom is 0.253 e. The summed E-state index contributed by atoms with van der Waals surface area (Å²) in [5.41, 5.74) is 1.19. The molecule has 102 valence electrons. The average Bonchev–Trinajstić information content (AvgIpc) is 2.86. The number of nitrogens with zero attached hydrogens (tertiary/aromatic N) is 2. The minimum Gasteiger partial charge on any atom is -0.458 e. The van der Waals surface area contributed by atoms with Gasteiger partial charge in [-0.25, -0.2) is 4.98 Å². The van der Waals surface area contributed by atoms with E-state index in [4.69, 9.17) is 4.42 Å². The van der Waals surface area contributed by atoms with Gasteiger partial charge in [-0.05, 0) is 19.1 Å². The van der Waals surface area contributed by atoms with E-state index < -0.39 is 6.10 Å². The number of fused-ring (bicyclic) bond motifs is 1. The molecule has 0 saturated carbocycles. The van der Waals surface area contributed by atoms with Crippen molar-refractivity contribution in [3.05, 3.63) is 64.5 Å². The lowest BCUT2D eigenvalue weighted by atomic mass is 10.2. The highest BCUT2D eigenvalue weighted by atomic mass is 16.4. The predicted molar refractivity (Wildman–Crippen MR) is 74.4 cm³/mol. The van der Waals surface area contributed by atoms with E-state index in [2.05, 4.69) is 4.98 Å². The molecule has 2 heterocycles. The number of hydrogen-bond donors (Lipinski definition) is 1. The molecule has 0 aliphatic heterocycles. The summed E-state index contributed by atoms with van der Waals surface area (Å²) in [6, 6.07) is 10.7. The van der Waals surface area contributed by atoms with Gasteiger partial charge in [0.05, 0.1) is 12.9 Å². The molecular weight excluding hydrogens is 256 g/mol. The molecule has 5 heteroatoms. The highest BCUT2D eigenvalue weighted by molar-refractivity contribution is 5.77. The quantitative estimate of drug-likeness (QED) is 0.790. The van der Waals surface area contributed by atoms with Gasteiger partial charge in [0.25, 0.3) is 5.56 Å². The third kappa shape index (κ3) is 2.35. The van der Waals surface area contributed by atoms with Crippen LogP contribution in [0.5, 0.6) is 0 Å². The zero-order chi connectivity index (χ0) is 14.1. The number of para-hydroxylation sites is 1. The summed E-state index contributed by atoms with van der Waals surface area (Å²) in [4.78, 5) is 15.8. The number of aliphatic hydroxyl groups is 1. The molecule has 0 spiro atoms. The molecule has 1 aromatic carbocycles. The van der Waals surface area contributed by atoms with Crippen molar-refractivity contribution in [2.45, 2.75) is 19.6 Å². The first-order valence-corrected chi connectivity index (χ1v) is 6.33. The Balaban J connectivity index is 1.88. The minimum atomic E-state index is -0.885. The molecule has 0 fully saturated rings. The lowest BCUT2D eigenvalue weighted by molar-refractivity contribution is 0.131. The van der Waals surface area contributed by atoms with Crippen LogP contribution in [0, 0.1) is 6.92 Å². The molecule has 0 saturated heterocycles. The monoisotopic (exact) mass is 270 g/mol. The van der Waals surface area contributed by atoms with E-state index in [-0.39, 0.29) is 12.1 Å². The van der Waals surface area contributed by atoms with E-state index in [1.807, 2.05) is 24.3 Å². The lowest BCUT2D eigenvalue weighted by Crippen LogP contribution is -2.23. The van der Waals surface area contributed by atoms with Crippen LogP contribution in [0.15, 0.2) is 51.9 Å². The molecule has 0 radical (unpaired) electrons. The van der Waals surface area contributed by atoms with Crippen molar-refractivity contribution in [3.63, 3.8) is 0 Å². The molecule has 1 N–H and O–H groups in total. The normalized spacial score (nSPS) is 12.7. The molecule has 0 aliphatic rings. The first-order valence-electron chi connectivity index (χ1n) is 6.33. The van der Waals surface area contributed by atoms with E-state index in [0.717, 1.165) is 11.0 Å². The van der Waals surface area contributed by atoms with Crippen molar-refractivity contribution >= 4 is 11.0 Å². The van der Waals surface area contributed by atoms with Gasteiger partial charge in [0.2, 0.25) is 0 Å². The predicted octanol–water partition coefficient (Wildman–Crippen LogP) is 2.03. The topological polar surface area (TPSA) is 68.3 Å². The molecule has 2 aromatic heterocycles. The highest BCUT2D eigenvalue weighted by Gasteiger charge is 2.14. The Kier molecular flexibility index (Phi) is 3.12. The van der Waals surface area contributed by atoms with Crippen molar-refractivity contribution in [3.8, 4) is 0 Å². The Hall–Kier alpha value is -2.40. The smallest absolute Gasteiger partial charge is 0.253 e. The number of aryl methyl sites for hydroxylation is 1. The van der Waals surface area contributed by atoms with Crippen molar-refractivity contribution in [2.75, 3.05) is 0 Å². The van der Waals surface area contributed by atoms with Gasteiger partial charge < -0.3 is 9.52 Å². The molecule has 1 atom stereocenters. The van der Waals surface area contributed by atoms with Crippen molar-refractivity contribution < 1.29 is 9.52 Å². The van der Waals surface area contributed by atoms with Crippen molar-refractivity contribution in [2.24, 2.45) is 0 Å². The molecule has 20 heavy (non-hydrogen) atoms. The van der Waals surface area contributed by atoms with Gasteiger partial charge in [-0.3, -0.25) is 9.36 Å². The first kappa shape index (κ1) is 12.6. The standard InChI is InChI=1S/C15H14N2O3/c1-10-6-15(19)17(9-16-10)8-12(18)14-7-11-4-2-3-5-13(11)20-14/h2-7,9,12,18H,8H2,1H3. The van der Waals surface area contributed by atoms with Crippen LogP contribution in [0.25, 0.3) is 11.0 Å². The Morgan fingerprint density at radius 3 is 2.90 bits per heavy atom. The molecule has 0 bridgehead atoms. The van der Waals surface area contributed by atoms with Gasteiger partial charge in [-0.1, -0.05) is 18.2 Å². The van der Waals surface area contributed by atoms with Crippen LogP contribution < -0.4 is 5.56 Å². The Bertz CT molecular complexity index is 771. The third-order valence-electron chi connectivity index (χ3n) is 3.16. The fourth-order valence-electron chi connectivity index (χ4n) is 2.10. The molecule has 0 amide bonds. The van der Waals surface area contributed by atoms with Crippen molar-refractivity contribution in [1.82, 2.24) is 9.55 Å². The van der Waals surface area contributed by atoms with E-state index >= 15 is 0 Å². The summed E-state index contributed by atoms with van der Waals surface area (Å²) in [6.45, 7) is 1.87. The second-order valence-corrected chi connectivity index (χ2v) is 4.72. The van der Waals surface area contributed by atoms with Gasteiger partial charge in [0.1, 0.15) is 17.4 Å². The minimum absolute atomic E-state index is 0.117. The van der Waals surface area contributed by atoms with Crippen LogP contribution >= 0.6 is 0 Å². The largest absolute Gasteiger partial charge is 0.458 e. The Morgan fingerprint density at radius 2 is 2.15 bits per heavy atom. The van der Waals surface area contributed by atoms with Crippen LogP contribution in [0.4, 0.5) is 0 Å². The maximum absolute atomic E-state index is 11.8. The zero-order valence-electron chi connectivity index (χ0n) is 11.0. The first-order chi connectivity index (χ1) is 9.63. The SMILES string of the molecule is Cc1cc(=O)n(CC(O)c2cc3ccccc3o2)cn1. The van der Waals surface area contributed by atoms with Crippen LogP contribution in [0.2, 0.25) is 0 Å². The molecule has 3 aromatic rings. The molecular formula is C15H14N2O3. The lowest BCUT2D eigenvalue weighted by Gasteiger charge is -2.09. The number of rotatable bonds is 3. The second-order valence-electron chi connectivity index (χ2n) is 4.72. The summed E-state index contributed by atoms with van der Waals surface area (Å²) >= 11 is 0. The van der Waals surface area contributed by atoms with Gasteiger partial charge >= 0.3 is 0 Å². The number of hydrogen-bond acceptors (Lipinski definition) is 4. The molecule has 5 nitrogen and oxygen atoms in total. The number of benzene rings is 1. The molecule has 1 unspecified atom stereocenters. The summed E-state index contributed by atoms with van der Waals surface area (Å²) in [7, 11) is 0. The van der Waals surface area contributed by atoms with Crippen LogP contribution in [-0.2, 0) is 6.54 Å². The number of aromatic nitrogens is 2. The summed E-state index contributed by atoms with van der Waals surface area (Å²) in [5, 5.41) is 11.1. The van der Waals surface area contributed by atoms with Gasteiger partial charge in [0.15, 0.2) is 0 Å². The molecule has 0 aliphatic carbocycles. The highest BCUT2D eigenvalue weighted by Crippen LogP contribution is 2.24. The van der Waals surface area contributed by atoms with Gasteiger partial charge in [-0.2, -0.15) is 0 Å². The van der Waals surface area contributed by atoms with Crippen molar-refractivity contribution in [1.29, 1.82) is 0 Å². The van der Waals surface area contributed by atoms with Gasteiger partial charge in [0, 0.05) is 17.1 Å². The van der Waals surface area contributed by atoms with E-state index in [1.54, 1.807) is 13.0 Å². The summed E-state index contributed by atoms with van der Waals surface area (Å²) in [5.74, 6) is 0.443. The molecule has 3 rings (SSSR count). The third-order valence-corrected chi connectivity index (χ3v) is 3.16. The fraction of sp³-hybridized carbons (Fsp3) is 0.200. The number of aliphatic hydroxyl groups excluding tert-OH is 1. The Morgan fingerprint density at radius 1 is 1.35 bits per heavy atom. The van der Waals surface area contributed by atoms with Crippen LogP contribution in [-0.4, -0.2) is 14.7 Å². The maximum atomic E-state index is 11.8. The van der Waals surface area contributed by atoms with E-state index in [1.165, 1.54) is 17.0 Å². The van der Waals surface area contributed by atoms with Crippen LogP contribution in [0.3, 0.4) is 0 Å². The van der Waals surface area contributed by atoms with E-state index in [9.17, 15) is 9.90 Å². The van der Waals surface area contributed by atoms with Crippen LogP contribution in [0.1, 0.15) is 17.6 Å². The van der Waals surface area contributed by atoms with Gasteiger partial charge in [-0.15, -0.1) is 0 Å². The summed E-state index contributed by atoms with van der Waals surface area (Å²) in [6.07, 6.45) is 0.549. The Labute approximate surface area is 115 Å². The summed E-state index contributed by atoms with van der Waals surface area (Å²) < 4.78 is 6.95. The fourth-order valence-corrected chi connectivity index (χ4v) is 2.10. The van der Waals surface area contributed by atoms with E-state index in [0.29, 0.717) is 11.5 Å². The zero-order valence-corrected chi connectivity index (χ0v) is 11.0.